The highest BCUT2D eigenvalue weighted by Crippen LogP contribution is 2.19. The molecule has 0 bridgehead atoms. The van der Waals surface area contributed by atoms with Crippen molar-refractivity contribution in [2.24, 2.45) is 0 Å². The van der Waals surface area contributed by atoms with Crippen molar-refractivity contribution in [3.05, 3.63) is 87.0 Å². The Morgan fingerprint density at radius 1 is 1.00 bits per heavy atom. The Hall–Kier alpha value is -3.32. The second-order valence-electron chi connectivity index (χ2n) is 9.77. The lowest BCUT2D eigenvalue weighted by atomic mass is 10.0. The fourth-order valence-electron chi connectivity index (χ4n) is 4.05. The zero-order valence-electron chi connectivity index (χ0n) is 20.1. The van der Waals surface area contributed by atoms with E-state index < -0.39 is 0 Å². The second kappa shape index (κ2) is 9.27. The maximum atomic E-state index is 12.9. The summed E-state index contributed by atoms with van der Waals surface area (Å²) in [6.45, 7) is 12.3. The van der Waals surface area contributed by atoms with Gasteiger partial charge in [0.2, 0.25) is 0 Å². The molecule has 2 aromatic heterocycles. The molecule has 0 atom stereocenters. The van der Waals surface area contributed by atoms with Crippen LogP contribution in [0.5, 0.6) is 0 Å². The van der Waals surface area contributed by atoms with Gasteiger partial charge in [-0.2, -0.15) is 0 Å². The number of aryl methyl sites for hydroxylation is 2. The van der Waals surface area contributed by atoms with Gasteiger partial charge in [0.1, 0.15) is 0 Å². The molecule has 1 N–H and O–H groups in total. The van der Waals surface area contributed by atoms with Gasteiger partial charge in [-0.15, -0.1) is 5.10 Å². The summed E-state index contributed by atoms with van der Waals surface area (Å²) in [5.41, 5.74) is 4.99. The summed E-state index contributed by atoms with van der Waals surface area (Å²) in [5.74, 6) is 0.791. The quantitative estimate of drug-likeness (QED) is 0.464. The van der Waals surface area contributed by atoms with Gasteiger partial charge in [0.05, 0.1) is 12.1 Å². The predicted molar refractivity (Wildman–Crippen MR) is 131 cm³/mol. The predicted octanol–water partition coefficient (Wildman–Crippen LogP) is 4.13. The summed E-state index contributed by atoms with van der Waals surface area (Å²) in [6, 6.07) is 16.6. The minimum atomic E-state index is -0.222. The molecule has 0 unspecified atom stereocenters. The van der Waals surface area contributed by atoms with E-state index in [1.165, 1.54) is 16.7 Å². The first-order valence-corrected chi connectivity index (χ1v) is 11.4. The Kier molecular flexibility index (Phi) is 6.42. The maximum Gasteiger partial charge on any atom is 0.252 e. The third-order valence-electron chi connectivity index (χ3n) is 6.02. The molecule has 0 amide bonds. The number of H-pyrrole nitrogens is 1. The largest absolute Gasteiger partial charge is 0.322 e. The normalized spacial score (nSPS) is 12.1. The SMILES string of the molecule is Cc1cc2cc(CN(CCc3ccccc3)Cc3nnnn3C(C)(C)C)c(=O)[nH]c2cc1C. The van der Waals surface area contributed by atoms with Crippen LogP contribution >= 0.6 is 0 Å². The summed E-state index contributed by atoms with van der Waals surface area (Å²) >= 11 is 0. The van der Waals surface area contributed by atoms with Gasteiger partial charge in [0.15, 0.2) is 5.82 Å². The number of nitrogens with one attached hydrogen (secondary N) is 1. The van der Waals surface area contributed by atoms with E-state index in [1.807, 2.05) is 22.9 Å². The third kappa shape index (κ3) is 5.37. The summed E-state index contributed by atoms with van der Waals surface area (Å²) in [4.78, 5) is 18.3. The van der Waals surface area contributed by atoms with Crippen LogP contribution in [0.15, 0.2) is 53.3 Å². The van der Waals surface area contributed by atoms with E-state index in [4.69, 9.17) is 0 Å². The first kappa shape index (κ1) is 22.9. The number of hydrogen-bond donors (Lipinski definition) is 1. The average Bonchev–Trinajstić information content (AvgIpc) is 3.23. The van der Waals surface area contributed by atoms with Crippen molar-refractivity contribution in [2.75, 3.05) is 6.54 Å². The molecular weight excluding hydrogens is 412 g/mol. The van der Waals surface area contributed by atoms with Gasteiger partial charge < -0.3 is 4.98 Å². The van der Waals surface area contributed by atoms with Crippen molar-refractivity contribution in [2.45, 2.75) is 59.7 Å². The van der Waals surface area contributed by atoms with Crippen molar-refractivity contribution in [1.29, 1.82) is 0 Å². The molecule has 33 heavy (non-hydrogen) atoms. The Morgan fingerprint density at radius 3 is 2.45 bits per heavy atom. The Balaban J connectivity index is 1.64. The molecule has 7 nitrogen and oxygen atoms in total. The zero-order chi connectivity index (χ0) is 23.6. The standard InChI is InChI=1S/C26H32N6O/c1-18-13-21-15-22(25(33)27-23(21)14-19(18)2)16-31(12-11-20-9-7-6-8-10-20)17-24-28-29-30-32(24)26(3,4)5/h6-10,13-15H,11-12,16-17H2,1-5H3,(H,27,33). The van der Waals surface area contributed by atoms with Crippen LogP contribution in [0.3, 0.4) is 0 Å². The number of rotatable bonds is 7. The lowest BCUT2D eigenvalue weighted by Gasteiger charge is -2.25. The number of benzene rings is 2. The first-order chi connectivity index (χ1) is 15.7. The summed E-state index contributed by atoms with van der Waals surface area (Å²) < 4.78 is 1.86. The van der Waals surface area contributed by atoms with Crippen molar-refractivity contribution in [3.63, 3.8) is 0 Å². The molecule has 4 rings (SSSR count). The van der Waals surface area contributed by atoms with Crippen LogP contribution in [-0.2, 0) is 25.0 Å². The van der Waals surface area contributed by atoms with Crippen LogP contribution in [0, 0.1) is 13.8 Å². The number of nitrogens with zero attached hydrogens (tertiary/aromatic N) is 5. The number of tetrazole rings is 1. The van der Waals surface area contributed by atoms with Crippen molar-refractivity contribution < 1.29 is 0 Å². The van der Waals surface area contributed by atoms with Gasteiger partial charge in [-0.3, -0.25) is 9.69 Å². The van der Waals surface area contributed by atoms with Crippen molar-refractivity contribution in [1.82, 2.24) is 30.1 Å². The van der Waals surface area contributed by atoms with Gasteiger partial charge in [-0.1, -0.05) is 30.3 Å². The van der Waals surface area contributed by atoms with Gasteiger partial charge in [-0.05, 0) is 91.7 Å². The van der Waals surface area contributed by atoms with E-state index in [9.17, 15) is 4.79 Å². The van der Waals surface area contributed by atoms with Crippen LogP contribution < -0.4 is 5.56 Å². The fourth-order valence-corrected chi connectivity index (χ4v) is 4.05. The molecule has 0 radical (unpaired) electrons. The maximum absolute atomic E-state index is 12.9. The van der Waals surface area contributed by atoms with Crippen molar-refractivity contribution in [3.8, 4) is 0 Å². The number of aromatic nitrogens is 5. The average molecular weight is 445 g/mol. The second-order valence-corrected chi connectivity index (χ2v) is 9.77. The molecule has 4 aromatic rings. The molecular formula is C26H32N6O. The number of pyridine rings is 1. The number of fused-ring (bicyclic) bond motifs is 1. The van der Waals surface area contributed by atoms with E-state index in [0.717, 1.165) is 35.3 Å². The van der Waals surface area contributed by atoms with E-state index in [-0.39, 0.29) is 11.1 Å². The smallest absolute Gasteiger partial charge is 0.252 e. The lowest BCUT2D eigenvalue weighted by Crippen LogP contribution is -2.32. The zero-order valence-corrected chi connectivity index (χ0v) is 20.1. The molecule has 172 valence electrons. The van der Waals surface area contributed by atoms with Crippen LogP contribution in [0.25, 0.3) is 10.9 Å². The molecule has 0 aliphatic heterocycles. The lowest BCUT2D eigenvalue weighted by molar-refractivity contribution is 0.234. The Labute approximate surface area is 194 Å². The van der Waals surface area contributed by atoms with Gasteiger partial charge in [0.25, 0.3) is 5.56 Å². The van der Waals surface area contributed by atoms with E-state index in [2.05, 4.69) is 90.4 Å². The fraction of sp³-hybridized carbons (Fsp3) is 0.385. The van der Waals surface area contributed by atoms with Crippen molar-refractivity contribution >= 4 is 10.9 Å². The van der Waals surface area contributed by atoms with E-state index in [1.54, 1.807) is 0 Å². The van der Waals surface area contributed by atoms with Crippen LogP contribution in [0.1, 0.15) is 48.8 Å². The van der Waals surface area contributed by atoms with Crippen LogP contribution in [0.2, 0.25) is 0 Å². The summed E-state index contributed by atoms with van der Waals surface area (Å²) in [7, 11) is 0. The molecule has 2 heterocycles. The Morgan fingerprint density at radius 2 is 1.73 bits per heavy atom. The van der Waals surface area contributed by atoms with E-state index in [0.29, 0.717) is 13.1 Å². The van der Waals surface area contributed by atoms with Crippen LogP contribution in [0.4, 0.5) is 0 Å². The number of aromatic amines is 1. The van der Waals surface area contributed by atoms with E-state index >= 15 is 0 Å². The minimum Gasteiger partial charge on any atom is -0.322 e. The molecule has 0 saturated carbocycles. The molecule has 0 saturated heterocycles. The first-order valence-electron chi connectivity index (χ1n) is 11.4. The molecule has 0 aliphatic carbocycles. The highest BCUT2D eigenvalue weighted by molar-refractivity contribution is 5.80. The molecule has 0 spiro atoms. The topological polar surface area (TPSA) is 79.7 Å². The van der Waals surface area contributed by atoms with Gasteiger partial charge in [0, 0.05) is 24.2 Å². The molecule has 7 heteroatoms. The highest BCUT2D eigenvalue weighted by Gasteiger charge is 2.22. The van der Waals surface area contributed by atoms with Gasteiger partial charge in [-0.25, -0.2) is 4.68 Å². The van der Waals surface area contributed by atoms with Gasteiger partial charge >= 0.3 is 0 Å². The summed E-state index contributed by atoms with van der Waals surface area (Å²) in [5, 5.41) is 13.5. The highest BCUT2D eigenvalue weighted by atomic mass is 16.1. The minimum absolute atomic E-state index is 0.0501. The van der Waals surface area contributed by atoms with Crippen LogP contribution in [-0.4, -0.2) is 36.6 Å². The summed E-state index contributed by atoms with van der Waals surface area (Å²) in [6.07, 6.45) is 0.877. The third-order valence-corrected chi connectivity index (χ3v) is 6.02. The molecule has 0 aliphatic rings. The Bertz CT molecular complexity index is 1300. The molecule has 0 fully saturated rings. The molecule has 2 aromatic carbocycles. The number of hydrogen-bond acceptors (Lipinski definition) is 5. The monoisotopic (exact) mass is 444 g/mol.